The molecule has 0 radical (unpaired) electrons. The molecule has 5 heteroatoms. The Morgan fingerprint density at radius 2 is 2.33 bits per heavy atom. The van der Waals surface area contributed by atoms with E-state index in [4.69, 9.17) is 0 Å². The lowest BCUT2D eigenvalue weighted by Gasteiger charge is -2.15. The molecule has 0 spiro atoms. The van der Waals surface area contributed by atoms with E-state index >= 15 is 0 Å². The van der Waals surface area contributed by atoms with E-state index in [0.717, 1.165) is 12.7 Å². The van der Waals surface area contributed by atoms with Crippen molar-refractivity contribution in [3.05, 3.63) is 22.1 Å². The number of likely N-dealkylation sites (N-methyl/N-ethyl adjacent to an activating group) is 1. The Morgan fingerprint density at radius 1 is 1.75 bits per heavy atom. The van der Waals surface area contributed by atoms with Crippen LogP contribution in [0.25, 0.3) is 0 Å². The van der Waals surface area contributed by atoms with Crippen molar-refractivity contribution in [1.29, 1.82) is 0 Å². The Balaban J connectivity index is 2.77. The minimum Gasteiger partial charge on any atom is -0.360 e. The smallest absolute Gasteiger partial charge is 0.274 e. The number of nitrogens with zero attached hydrogens (tertiary/aromatic N) is 2. The molecule has 1 aliphatic rings. The van der Waals surface area contributed by atoms with Crippen LogP contribution < -0.4 is 5.32 Å². The molecule has 0 aromatic carbocycles. The molecule has 1 rings (SSSR count). The summed E-state index contributed by atoms with van der Waals surface area (Å²) in [6.07, 6.45) is 0.995. The summed E-state index contributed by atoms with van der Waals surface area (Å²) in [6.45, 7) is 4.79. The third-order valence-corrected chi connectivity index (χ3v) is 1.74. The molecule has 1 fully saturated rings. The van der Waals surface area contributed by atoms with Crippen molar-refractivity contribution >= 4 is 0 Å². The summed E-state index contributed by atoms with van der Waals surface area (Å²) in [5.41, 5.74) is -0.0728. The topological polar surface area (TPSA) is 58.4 Å². The lowest BCUT2D eigenvalue weighted by Crippen LogP contribution is -2.34. The zero-order chi connectivity index (χ0) is 9.35. The first kappa shape index (κ1) is 8.83. The van der Waals surface area contributed by atoms with Crippen molar-refractivity contribution in [2.45, 2.75) is 19.4 Å². The summed E-state index contributed by atoms with van der Waals surface area (Å²) in [5, 5.41) is 13.2. The van der Waals surface area contributed by atoms with Gasteiger partial charge in [0.1, 0.15) is 0 Å². The Kier molecular flexibility index (Phi) is 1.95. The van der Waals surface area contributed by atoms with Gasteiger partial charge in [0.15, 0.2) is 5.82 Å². The van der Waals surface area contributed by atoms with Crippen molar-refractivity contribution in [2.75, 3.05) is 13.6 Å². The van der Waals surface area contributed by atoms with Gasteiger partial charge in [0.25, 0.3) is 6.20 Å². The van der Waals surface area contributed by atoms with Gasteiger partial charge in [-0.3, -0.25) is 10.1 Å². The second-order valence-electron chi connectivity index (χ2n) is 3.66. The molecule has 68 valence electrons. The highest BCUT2D eigenvalue weighted by Crippen LogP contribution is 2.17. The monoisotopic (exact) mass is 171 g/mol. The van der Waals surface area contributed by atoms with Gasteiger partial charge in [0.2, 0.25) is 0 Å². The second kappa shape index (κ2) is 2.66. The summed E-state index contributed by atoms with van der Waals surface area (Å²) in [5.74, 6) is 0.574. The molecule has 5 nitrogen and oxygen atoms in total. The van der Waals surface area contributed by atoms with Gasteiger partial charge in [-0.2, -0.15) is 0 Å². The fraction of sp³-hybridized carbons (Fsp3) is 0.714. The van der Waals surface area contributed by atoms with E-state index in [9.17, 15) is 10.1 Å². The molecule has 1 N–H and O–H groups in total. The molecule has 0 aliphatic carbocycles. The van der Waals surface area contributed by atoms with Gasteiger partial charge >= 0.3 is 0 Å². The Morgan fingerprint density at radius 3 is 2.67 bits per heavy atom. The van der Waals surface area contributed by atoms with Gasteiger partial charge in [-0.05, 0) is 13.8 Å². The number of hydrogen-bond donors (Lipinski definition) is 1. The van der Waals surface area contributed by atoms with Crippen LogP contribution in [-0.4, -0.2) is 29.0 Å². The standard InChI is InChI=1S/C7H13N3O2/c1-7(2)5-9(3)6(8-7)4-10(11)12/h4,8H,5H2,1-3H3/b6-4+. The van der Waals surface area contributed by atoms with Gasteiger partial charge in [0.05, 0.1) is 10.5 Å². The molecule has 0 unspecified atom stereocenters. The Hall–Kier alpha value is -1.26. The summed E-state index contributed by atoms with van der Waals surface area (Å²) >= 11 is 0. The number of rotatable bonds is 1. The van der Waals surface area contributed by atoms with Gasteiger partial charge in [-0.1, -0.05) is 0 Å². The quantitative estimate of drug-likeness (QED) is 0.457. The molecule has 0 atom stereocenters. The van der Waals surface area contributed by atoms with E-state index < -0.39 is 4.92 Å². The Bertz CT molecular complexity index is 235. The van der Waals surface area contributed by atoms with Crippen molar-refractivity contribution in [1.82, 2.24) is 10.2 Å². The van der Waals surface area contributed by atoms with E-state index in [1.54, 1.807) is 0 Å². The predicted molar refractivity (Wildman–Crippen MR) is 44.9 cm³/mol. The van der Waals surface area contributed by atoms with Crippen LogP contribution in [0.3, 0.4) is 0 Å². The van der Waals surface area contributed by atoms with Gasteiger partial charge in [-0.25, -0.2) is 0 Å². The summed E-state index contributed by atoms with van der Waals surface area (Å²) in [4.78, 5) is 11.6. The number of nitro groups is 1. The van der Waals surface area contributed by atoms with Crippen LogP contribution in [0.4, 0.5) is 0 Å². The summed E-state index contributed by atoms with van der Waals surface area (Å²) in [7, 11) is 1.83. The second-order valence-corrected chi connectivity index (χ2v) is 3.66. The predicted octanol–water partition coefficient (Wildman–Crippen LogP) is 0.376. The molecule has 0 bridgehead atoms. The van der Waals surface area contributed by atoms with Crippen LogP contribution in [0.15, 0.2) is 12.0 Å². The van der Waals surface area contributed by atoms with Crippen LogP contribution in [-0.2, 0) is 0 Å². The van der Waals surface area contributed by atoms with Crippen molar-refractivity contribution < 1.29 is 4.92 Å². The van der Waals surface area contributed by atoms with Gasteiger partial charge < -0.3 is 10.2 Å². The molecule has 0 aromatic heterocycles. The first-order chi connectivity index (χ1) is 5.41. The van der Waals surface area contributed by atoms with E-state index in [1.165, 1.54) is 0 Å². The minimum atomic E-state index is -0.444. The SMILES string of the molecule is CN1CC(C)(C)N/C1=C\[N+](=O)[O-]. The van der Waals surface area contributed by atoms with Crippen molar-refractivity contribution in [3.8, 4) is 0 Å². The molecule has 0 saturated carbocycles. The van der Waals surface area contributed by atoms with E-state index in [1.807, 2.05) is 25.8 Å². The average Bonchev–Trinajstić information content (AvgIpc) is 2.03. The highest BCUT2D eigenvalue weighted by atomic mass is 16.6. The fourth-order valence-electron chi connectivity index (χ4n) is 1.39. The van der Waals surface area contributed by atoms with Gasteiger partial charge in [0, 0.05) is 13.6 Å². The van der Waals surface area contributed by atoms with Crippen LogP contribution in [0, 0.1) is 10.1 Å². The maximum atomic E-state index is 10.2. The van der Waals surface area contributed by atoms with Crippen LogP contribution in [0.2, 0.25) is 0 Å². The third kappa shape index (κ3) is 1.87. The molecule has 12 heavy (non-hydrogen) atoms. The maximum absolute atomic E-state index is 10.2. The van der Waals surface area contributed by atoms with Crippen molar-refractivity contribution in [2.24, 2.45) is 0 Å². The molecule has 1 aliphatic heterocycles. The van der Waals surface area contributed by atoms with Gasteiger partial charge in [-0.15, -0.1) is 0 Å². The van der Waals surface area contributed by atoms with Crippen LogP contribution >= 0.6 is 0 Å². The molecular formula is C7H13N3O2. The fourth-order valence-corrected chi connectivity index (χ4v) is 1.39. The highest BCUT2D eigenvalue weighted by Gasteiger charge is 2.31. The van der Waals surface area contributed by atoms with E-state index in [2.05, 4.69) is 5.32 Å². The molecule has 1 saturated heterocycles. The average molecular weight is 171 g/mol. The maximum Gasteiger partial charge on any atom is 0.274 e. The molecular weight excluding hydrogens is 158 g/mol. The lowest BCUT2D eigenvalue weighted by atomic mass is 10.1. The number of hydrogen-bond acceptors (Lipinski definition) is 4. The van der Waals surface area contributed by atoms with Crippen LogP contribution in [0.1, 0.15) is 13.8 Å². The number of nitrogens with one attached hydrogen (secondary N) is 1. The summed E-state index contributed by atoms with van der Waals surface area (Å²) < 4.78 is 0. The Labute approximate surface area is 71.2 Å². The van der Waals surface area contributed by atoms with E-state index in [0.29, 0.717) is 5.82 Å². The summed E-state index contributed by atoms with van der Waals surface area (Å²) in [6, 6.07) is 0. The zero-order valence-electron chi connectivity index (χ0n) is 7.50. The lowest BCUT2D eigenvalue weighted by molar-refractivity contribution is -0.404. The zero-order valence-corrected chi connectivity index (χ0v) is 7.50. The third-order valence-electron chi connectivity index (χ3n) is 1.74. The first-order valence-corrected chi connectivity index (χ1v) is 3.75. The normalized spacial score (nSPS) is 24.2. The largest absolute Gasteiger partial charge is 0.360 e. The van der Waals surface area contributed by atoms with Crippen LogP contribution in [0.5, 0.6) is 0 Å². The molecule has 0 aromatic rings. The molecule has 1 heterocycles. The minimum absolute atomic E-state index is 0.0728. The van der Waals surface area contributed by atoms with E-state index in [-0.39, 0.29) is 5.54 Å². The molecule has 0 amide bonds. The highest BCUT2D eigenvalue weighted by molar-refractivity contribution is 5.07. The van der Waals surface area contributed by atoms with Crippen molar-refractivity contribution in [3.63, 3.8) is 0 Å². The first-order valence-electron chi connectivity index (χ1n) is 3.75.